The van der Waals surface area contributed by atoms with Crippen LogP contribution in [0.15, 0.2) is 12.1 Å². The van der Waals surface area contributed by atoms with Crippen LogP contribution in [0.2, 0.25) is 0 Å². The zero-order chi connectivity index (χ0) is 12.4. The number of hydrogen-bond acceptors (Lipinski definition) is 4. The molecular weight excluding hydrogens is 225 g/mol. The summed E-state index contributed by atoms with van der Waals surface area (Å²) < 4.78 is 18.7. The molecular formula is C11H14FN3O2. The van der Waals surface area contributed by atoms with Gasteiger partial charge < -0.3 is 15.1 Å². The van der Waals surface area contributed by atoms with Crippen molar-refractivity contribution in [2.24, 2.45) is 5.84 Å². The van der Waals surface area contributed by atoms with Crippen molar-refractivity contribution in [3.8, 4) is 5.75 Å². The van der Waals surface area contributed by atoms with Gasteiger partial charge in [0.1, 0.15) is 5.75 Å². The molecule has 0 aliphatic carbocycles. The van der Waals surface area contributed by atoms with Gasteiger partial charge in [0.15, 0.2) is 12.4 Å². The summed E-state index contributed by atoms with van der Waals surface area (Å²) in [6, 6.07) is 2.72. The highest BCUT2D eigenvalue weighted by Gasteiger charge is 2.26. The summed E-state index contributed by atoms with van der Waals surface area (Å²) in [6.07, 6.45) is 0.813. The summed E-state index contributed by atoms with van der Waals surface area (Å²) in [7, 11) is 0. The molecule has 1 heterocycles. The molecule has 0 spiro atoms. The van der Waals surface area contributed by atoms with Crippen LogP contribution < -0.4 is 20.9 Å². The lowest BCUT2D eigenvalue weighted by Gasteiger charge is -2.29. The third kappa shape index (κ3) is 2.03. The standard InChI is InChI=1S/C11H14FN3O2/c1-2-3-15-9-5-8(14-13)7(12)4-10(9)17-6-11(15)16/h4-5,14H,2-3,6,13H2,1H3. The highest BCUT2D eigenvalue weighted by molar-refractivity contribution is 5.98. The smallest absolute Gasteiger partial charge is 0.265 e. The minimum Gasteiger partial charge on any atom is -0.481 e. The normalized spacial score (nSPS) is 14.3. The molecule has 0 fully saturated rings. The maximum absolute atomic E-state index is 13.5. The van der Waals surface area contributed by atoms with Crippen LogP contribution in [0.5, 0.6) is 5.75 Å². The number of nitrogens with zero attached hydrogens (tertiary/aromatic N) is 1. The Morgan fingerprint density at radius 1 is 1.59 bits per heavy atom. The molecule has 1 aliphatic heterocycles. The highest BCUT2D eigenvalue weighted by atomic mass is 19.1. The number of nitrogens with one attached hydrogen (secondary N) is 1. The van der Waals surface area contributed by atoms with E-state index in [0.717, 1.165) is 6.42 Å². The number of halogens is 1. The first-order valence-corrected chi connectivity index (χ1v) is 5.40. The first-order chi connectivity index (χ1) is 8.17. The number of nitrogens with two attached hydrogens (primary N) is 1. The summed E-state index contributed by atoms with van der Waals surface area (Å²) in [5, 5.41) is 0. The lowest BCUT2D eigenvalue weighted by molar-refractivity contribution is -0.121. The van der Waals surface area contributed by atoms with E-state index in [4.69, 9.17) is 10.6 Å². The third-order valence-electron chi connectivity index (χ3n) is 2.59. The molecule has 0 bridgehead atoms. The van der Waals surface area contributed by atoms with Gasteiger partial charge >= 0.3 is 0 Å². The molecule has 0 radical (unpaired) electrons. The number of anilines is 2. The fraction of sp³-hybridized carbons (Fsp3) is 0.364. The van der Waals surface area contributed by atoms with Crippen LogP contribution >= 0.6 is 0 Å². The van der Waals surface area contributed by atoms with Crippen molar-refractivity contribution in [2.45, 2.75) is 13.3 Å². The van der Waals surface area contributed by atoms with Crippen molar-refractivity contribution in [2.75, 3.05) is 23.5 Å². The molecule has 5 nitrogen and oxygen atoms in total. The Morgan fingerprint density at radius 2 is 2.35 bits per heavy atom. The van der Waals surface area contributed by atoms with E-state index >= 15 is 0 Å². The van der Waals surface area contributed by atoms with E-state index in [1.54, 1.807) is 4.90 Å². The number of nitrogen functional groups attached to an aromatic ring is 1. The summed E-state index contributed by atoms with van der Waals surface area (Å²) in [5.74, 6) is 4.94. The summed E-state index contributed by atoms with van der Waals surface area (Å²) in [5.41, 5.74) is 2.95. The van der Waals surface area contributed by atoms with Crippen molar-refractivity contribution in [1.29, 1.82) is 0 Å². The largest absolute Gasteiger partial charge is 0.481 e. The molecule has 0 saturated heterocycles. The molecule has 17 heavy (non-hydrogen) atoms. The molecule has 0 aromatic heterocycles. The Kier molecular flexibility index (Phi) is 3.14. The third-order valence-corrected chi connectivity index (χ3v) is 2.59. The number of carbonyl (C=O) groups excluding carboxylic acids is 1. The summed E-state index contributed by atoms with van der Waals surface area (Å²) in [4.78, 5) is 13.3. The number of hydrazine groups is 1. The van der Waals surface area contributed by atoms with Crippen molar-refractivity contribution >= 4 is 17.3 Å². The van der Waals surface area contributed by atoms with Crippen LogP contribution in [-0.2, 0) is 4.79 Å². The van der Waals surface area contributed by atoms with Crippen LogP contribution in [0, 0.1) is 5.82 Å². The molecule has 6 heteroatoms. The quantitative estimate of drug-likeness (QED) is 0.615. The Hall–Kier alpha value is -1.82. The first-order valence-electron chi connectivity index (χ1n) is 5.40. The Labute approximate surface area is 98.3 Å². The Morgan fingerprint density at radius 3 is 3.00 bits per heavy atom. The number of hydrogen-bond donors (Lipinski definition) is 2. The fourth-order valence-electron chi connectivity index (χ4n) is 1.80. The van der Waals surface area contributed by atoms with Gasteiger partial charge in [-0.05, 0) is 12.5 Å². The number of fused-ring (bicyclic) bond motifs is 1. The van der Waals surface area contributed by atoms with Crippen LogP contribution in [0.4, 0.5) is 15.8 Å². The minimum absolute atomic E-state index is 0.0537. The summed E-state index contributed by atoms with van der Waals surface area (Å²) >= 11 is 0. The molecule has 1 amide bonds. The van der Waals surface area contributed by atoms with E-state index in [2.05, 4.69) is 5.43 Å². The van der Waals surface area contributed by atoms with Gasteiger partial charge in [0.25, 0.3) is 5.91 Å². The number of ether oxygens (including phenoxy) is 1. The highest BCUT2D eigenvalue weighted by Crippen LogP contribution is 2.36. The maximum Gasteiger partial charge on any atom is 0.265 e. The van der Waals surface area contributed by atoms with Crippen molar-refractivity contribution < 1.29 is 13.9 Å². The Bertz CT molecular complexity index is 451. The van der Waals surface area contributed by atoms with E-state index in [1.807, 2.05) is 6.92 Å². The van der Waals surface area contributed by atoms with Gasteiger partial charge in [-0.15, -0.1) is 0 Å². The van der Waals surface area contributed by atoms with Gasteiger partial charge in [-0.1, -0.05) is 6.92 Å². The lowest BCUT2D eigenvalue weighted by Crippen LogP contribution is -2.39. The van der Waals surface area contributed by atoms with Crippen molar-refractivity contribution in [3.63, 3.8) is 0 Å². The van der Waals surface area contributed by atoms with E-state index in [9.17, 15) is 9.18 Å². The minimum atomic E-state index is -0.503. The van der Waals surface area contributed by atoms with Crippen LogP contribution in [0.3, 0.4) is 0 Å². The number of amides is 1. The van der Waals surface area contributed by atoms with E-state index in [0.29, 0.717) is 18.0 Å². The molecule has 1 aromatic rings. The second-order valence-electron chi connectivity index (χ2n) is 3.78. The fourth-order valence-corrected chi connectivity index (χ4v) is 1.80. The van der Waals surface area contributed by atoms with E-state index in [-0.39, 0.29) is 18.2 Å². The van der Waals surface area contributed by atoms with Gasteiger partial charge in [0.05, 0.1) is 11.4 Å². The molecule has 0 unspecified atom stereocenters. The zero-order valence-corrected chi connectivity index (χ0v) is 9.50. The maximum atomic E-state index is 13.5. The van der Waals surface area contributed by atoms with Crippen molar-refractivity contribution in [3.05, 3.63) is 17.9 Å². The number of carbonyl (C=O) groups is 1. The van der Waals surface area contributed by atoms with Gasteiger partial charge in [-0.2, -0.15) is 0 Å². The van der Waals surface area contributed by atoms with Crippen molar-refractivity contribution in [1.82, 2.24) is 0 Å². The predicted molar refractivity (Wildman–Crippen MR) is 62.3 cm³/mol. The zero-order valence-electron chi connectivity index (χ0n) is 9.50. The van der Waals surface area contributed by atoms with Gasteiger partial charge in [0.2, 0.25) is 0 Å². The van der Waals surface area contributed by atoms with Gasteiger partial charge in [-0.25, -0.2) is 4.39 Å². The molecule has 0 saturated carbocycles. The van der Waals surface area contributed by atoms with E-state index < -0.39 is 5.82 Å². The molecule has 1 aliphatic rings. The van der Waals surface area contributed by atoms with E-state index in [1.165, 1.54) is 12.1 Å². The molecule has 92 valence electrons. The number of rotatable bonds is 3. The second kappa shape index (κ2) is 4.58. The average molecular weight is 239 g/mol. The first kappa shape index (κ1) is 11.7. The Balaban J connectivity index is 2.46. The molecule has 0 atom stereocenters. The molecule has 2 rings (SSSR count). The topological polar surface area (TPSA) is 67.6 Å². The molecule has 3 N–H and O–H groups in total. The average Bonchev–Trinajstić information content (AvgIpc) is 2.32. The molecule has 1 aromatic carbocycles. The SMILES string of the molecule is CCCN1C(=O)COc2cc(F)c(NN)cc21. The number of benzene rings is 1. The summed E-state index contributed by atoms with van der Waals surface area (Å²) in [6.45, 7) is 2.49. The van der Waals surface area contributed by atoms with Crippen LogP contribution in [-0.4, -0.2) is 19.1 Å². The van der Waals surface area contributed by atoms with Gasteiger partial charge in [0, 0.05) is 12.6 Å². The monoisotopic (exact) mass is 239 g/mol. The van der Waals surface area contributed by atoms with Crippen LogP contribution in [0.1, 0.15) is 13.3 Å². The second-order valence-corrected chi connectivity index (χ2v) is 3.78. The lowest BCUT2D eigenvalue weighted by atomic mass is 10.2. The predicted octanol–water partition coefficient (Wildman–Crippen LogP) is 1.25. The van der Waals surface area contributed by atoms with Crippen LogP contribution in [0.25, 0.3) is 0 Å². The van der Waals surface area contributed by atoms with Gasteiger partial charge in [-0.3, -0.25) is 10.6 Å².